The second-order valence-corrected chi connectivity index (χ2v) is 6.08. The second-order valence-electron chi connectivity index (χ2n) is 3.31. The normalized spacial score (nSPS) is 17.3. The third-order valence-corrected chi connectivity index (χ3v) is 5.09. The summed E-state index contributed by atoms with van der Waals surface area (Å²) < 4.78 is 22.9. The Hall–Kier alpha value is 0.240. The van der Waals surface area contributed by atoms with E-state index in [0.29, 0.717) is 12.3 Å². The molecule has 0 heterocycles. The van der Waals surface area contributed by atoms with Gasteiger partial charge in [0.25, 0.3) is 0 Å². The molecule has 0 rings (SSSR count). The molecule has 0 bridgehead atoms. The van der Waals surface area contributed by atoms with E-state index in [9.17, 15) is 8.42 Å². The number of sulfone groups is 1. The standard InChI is InChI=1S/C8H17ClO2S/c1-4-8(3)12(10,11)6-7(2)5-9/h7-8H,4-6H2,1-3H3. The van der Waals surface area contributed by atoms with Gasteiger partial charge in [0, 0.05) is 5.88 Å². The molecule has 74 valence electrons. The van der Waals surface area contributed by atoms with E-state index in [1.807, 2.05) is 13.8 Å². The lowest BCUT2D eigenvalue weighted by Crippen LogP contribution is -2.24. The fraction of sp³-hybridized carbons (Fsp3) is 1.00. The highest BCUT2D eigenvalue weighted by Crippen LogP contribution is 2.11. The molecule has 0 saturated heterocycles. The van der Waals surface area contributed by atoms with Crippen molar-refractivity contribution < 1.29 is 8.42 Å². The molecular weight excluding hydrogens is 196 g/mol. The zero-order valence-corrected chi connectivity index (χ0v) is 9.45. The van der Waals surface area contributed by atoms with E-state index in [2.05, 4.69) is 0 Å². The Bertz CT molecular complexity index is 211. The number of alkyl halides is 1. The molecule has 0 saturated carbocycles. The van der Waals surface area contributed by atoms with E-state index in [4.69, 9.17) is 11.6 Å². The first kappa shape index (κ1) is 12.2. The van der Waals surface area contributed by atoms with Gasteiger partial charge >= 0.3 is 0 Å². The van der Waals surface area contributed by atoms with Gasteiger partial charge < -0.3 is 0 Å². The first-order valence-electron chi connectivity index (χ1n) is 4.21. The van der Waals surface area contributed by atoms with Crippen LogP contribution in [0.25, 0.3) is 0 Å². The Morgan fingerprint density at radius 3 is 2.17 bits per heavy atom. The summed E-state index contributed by atoms with van der Waals surface area (Å²) in [6.45, 7) is 5.48. The molecule has 0 aromatic rings. The summed E-state index contributed by atoms with van der Waals surface area (Å²) in [7, 11) is -2.91. The average Bonchev–Trinajstić information content (AvgIpc) is 2.02. The van der Waals surface area contributed by atoms with Crippen LogP contribution in [-0.2, 0) is 9.84 Å². The maximum absolute atomic E-state index is 11.5. The molecule has 0 fully saturated rings. The lowest BCUT2D eigenvalue weighted by Gasteiger charge is -2.13. The van der Waals surface area contributed by atoms with Gasteiger partial charge in [-0.1, -0.05) is 13.8 Å². The van der Waals surface area contributed by atoms with Crippen LogP contribution < -0.4 is 0 Å². The molecule has 0 aliphatic heterocycles. The van der Waals surface area contributed by atoms with Crippen molar-refractivity contribution in [2.75, 3.05) is 11.6 Å². The van der Waals surface area contributed by atoms with E-state index in [-0.39, 0.29) is 16.9 Å². The quantitative estimate of drug-likeness (QED) is 0.654. The number of hydrogen-bond donors (Lipinski definition) is 0. The third-order valence-electron chi connectivity index (χ3n) is 1.97. The van der Waals surface area contributed by atoms with Crippen LogP contribution in [0.4, 0.5) is 0 Å². The van der Waals surface area contributed by atoms with Crippen LogP contribution in [-0.4, -0.2) is 25.3 Å². The first-order valence-corrected chi connectivity index (χ1v) is 6.46. The molecule has 0 aliphatic rings. The topological polar surface area (TPSA) is 34.1 Å². The first-order chi connectivity index (χ1) is 5.44. The van der Waals surface area contributed by atoms with Gasteiger partial charge in [-0.25, -0.2) is 8.42 Å². The highest BCUT2D eigenvalue weighted by Gasteiger charge is 2.21. The fourth-order valence-corrected chi connectivity index (χ4v) is 2.85. The minimum Gasteiger partial charge on any atom is -0.229 e. The zero-order valence-electron chi connectivity index (χ0n) is 7.88. The third kappa shape index (κ3) is 3.76. The fourth-order valence-electron chi connectivity index (χ4n) is 0.859. The van der Waals surface area contributed by atoms with Gasteiger partial charge in [-0.05, 0) is 19.3 Å². The minimum atomic E-state index is -2.91. The molecule has 2 nitrogen and oxygen atoms in total. The molecule has 2 atom stereocenters. The lowest BCUT2D eigenvalue weighted by atomic mass is 10.3. The van der Waals surface area contributed by atoms with E-state index in [1.54, 1.807) is 6.92 Å². The summed E-state index contributed by atoms with van der Waals surface area (Å²) in [6, 6.07) is 0. The molecule has 0 radical (unpaired) electrons. The predicted molar refractivity (Wildman–Crippen MR) is 53.4 cm³/mol. The lowest BCUT2D eigenvalue weighted by molar-refractivity contribution is 0.568. The molecule has 2 unspecified atom stereocenters. The number of halogens is 1. The Balaban J connectivity index is 4.23. The highest BCUT2D eigenvalue weighted by molar-refractivity contribution is 7.92. The Morgan fingerprint density at radius 2 is 1.83 bits per heavy atom. The van der Waals surface area contributed by atoms with Crippen LogP contribution in [0.1, 0.15) is 27.2 Å². The van der Waals surface area contributed by atoms with Crippen molar-refractivity contribution >= 4 is 21.4 Å². The summed E-state index contributed by atoms with van der Waals surface area (Å²) in [5.41, 5.74) is 0. The summed E-state index contributed by atoms with van der Waals surface area (Å²) in [5.74, 6) is 0.687. The molecule has 0 amide bonds. The van der Waals surface area contributed by atoms with Crippen molar-refractivity contribution in [3.63, 3.8) is 0 Å². The van der Waals surface area contributed by atoms with Crippen molar-refractivity contribution in [1.82, 2.24) is 0 Å². The van der Waals surface area contributed by atoms with Crippen LogP contribution in [0.5, 0.6) is 0 Å². The molecule has 0 aromatic carbocycles. The van der Waals surface area contributed by atoms with E-state index in [0.717, 1.165) is 0 Å². The monoisotopic (exact) mass is 212 g/mol. The van der Waals surface area contributed by atoms with Gasteiger partial charge in [-0.2, -0.15) is 0 Å². The van der Waals surface area contributed by atoms with Gasteiger partial charge in [0.2, 0.25) is 0 Å². The average molecular weight is 213 g/mol. The van der Waals surface area contributed by atoms with Crippen LogP contribution in [0.3, 0.4) is 0 Å². The van der Waals surface area contributed by atoms with Crippen molar-refractivity contribution in [1.29, 1.82) is 0 Å². The maximum atomic E-state index is 11.5. The molecule has 0 aromatic heterocycles. The predicted octanol–water partition coefficient (Wildman–Crippen LogP) is 2.07. The van der Waals surface area contributed by atoms with E-state index < -0.39 is 9.84 Å². The molecule has 0 spiro atoms. The molecular formula is C8H17ClO2S. The van der Waals surface area contributed by atoms with Crippen molar-refractivity contribution in [3.05, 3.63) is 0 Å². The number of hydrogen-bond acceptors (Lipinski definition) is 2. The molecule has 0 N–H and O–H groups in total. The molecule has 12 heavy (non-hydrogen) atoms. The van der Waals surface area contributed by atoms with Crippen LogP contribution in [0.15, 0.2) is 0 Å². The zero-order chi connectivity index (χ0) is 9.78. The summed E-state index contributed by atoms with van der Waals surface area (Å²) >= 11 is 5.54. The summed E-state index contributed by atoms with van der Waals surface area (Å²) in [6.07, 6.45) is 0.678. The van der Waals surface area contributed by atoms with Crippen LogP contribution >= 0.6 is 11.6 Å². The molecule has 4 heteroatoms. The highest BCUT2D eigenvalue weighted by atomic mass is 35.5. The smallest absolute Gasteiger partial charge is 0.153 e. The van der Waals surface area contributed by atoms with E-state index in [1.165, 1.54) is 0 Å². The van der Waals surface area contributed by atoms with Gasteiger partial charge in [-0.3, -0.25) is 0 Å². The van der Waals surface area contributed by atoms with Gasteiger partial charge in [0.1, 0.15) is 0 Å². The SMILES string of the molecule is CCC(C)S(=O)(=O)CC(C)CCl. The Kier molecular flexibility index (Phi) is 5.18. The Labute approximate surface area is 80.2 Å². The van der Waals surface area contributed by atoms with Crippen LogP contribution in [0, 0.1) is 5.92 Å². The van der Waals surface area contributed by atoms with Crippen LogP contribution in [0.2, 0.25) is 0 Å². The Morgan fingerprint density at radius 1 is 1.33 bits per heavy atom. The van der Waals surface area contributed by atoms with Crippen molar-refractivity contribution in [2.45, 2.75) is 32.4 Å². The van der Waals surface area contributed by atoms with Gasteiger partial charge in [0.15, 0.2) is 9.84 Å². The minimum absolute atomic E-state index is 0.0608. The van der Waals surface area contributed by atoms with Crippen molar-refractivity contribution in [2.24, 2.45) is 5.92 Å². The number of rotatable bonds is 5. The van der Waals surface area contributed by atoms with Crippen molar-refractivity contribution in [3.8, 4) is 0 Å². The van der Waals surface area contributed by atoms with E-state index >= 15 is 0 Å². The molecule has 0 aliphatic carbocycles. The summed E-state index contributed by atoms with van der Waals surface area (Å²) in [4.78, 5) is 0. The van der Waals surface area contributed by atoms with Gasteiger partial charge in [0.05, 0.1) is 11.0 Å². The maximum Gasteiger partial charge on any atom is 0.153 e. The van der Waals surface area contributed by atoms with Gasteiger partial charge in [-0.15, -0.1) is 11.6 Å². The largest absolute Gasteiger partial charge is 0.229 e. The summed E-state index contributed by atoms with van der Waals surface area (Å²) in [5, 5.41) is -0.233. The second kappa shape index (κ2) is 5.07.